The van der Waals surface area contributed by atoms with Crippen LogP contribution in [0.1, 0.15) is 0 Å². The number of rotatable bonds is 6. The predicted octanol–water partition coefficient (Wildman–Crippen LogP) is 17.3. The third-order valence-electron chi connectivity index (χ3n) is 13.3. The van der Waals surface area contributed by atoms with E-state index < -0.39 is 0 Å². The molecule has 0 radical (unpaired) electrons. The zero-order valence-electron chi connectivity index (χ0n) is 35.0. The number of hydrogen-bond donors (Lipinski definition) is 1. The number of hydrogen-bond acceptors (Lipinski definition) is 1. The highest BCUT2D eigenvalue weighted by Crippen LogP contribution is 2.52. The van der Waals surface area contributed by atoms with E-state index in [0.717, 1.165) is 22.6 Å². The van der Waals surface area contributed by atoms with Gasteiger partial charge in [-0.1, -0.05) is 194 Å². The van der Waals surface area contributed by atoms with E-state index in [2.05, 4.69) is 246 Å². The minimum Gasteiger partial charge on any atom is -0.354 e. The molecule has 0 fully saturated rings. The second-order valence-electron chi connectivity index (χ2n) is 16.9. The molecule has 2 heteroatoms. The minimum atomic E-state index is 1.05. The van der Waals surface area contributed by atoms with Gasteiger partial charge in [-0.05, 0) is 108 Å². The summed E-state index contributed by atoms with van der Waals surface area (Å²) in [6.07, 6.45) is 0. The molecule has 13 aromatic rings. The Morgan fingerprint density at radius 3 is 1.56 bits per heavy atom. The van der Waals surface area contributed by atoms with Gasteiger partial charge in [-0.2, -0.15) is 0 Å². The van der Waals surface area contributed by atoms with Crippen LogP contribution in [-0.2, 0) is 0 Å². The molecule has 0 aliphatic carbocycles. The first-order valence-electron chi connectivity index (χ1n) is 22.1. The average Bonchev–Trinajstić information content (AvgIpc) is 3.71. The van der Waals surface area contributed by atoms with Gasteiger partial charge in [0.25, 0.3) is 0 Å². The second kappa shape index (κ2) is 14.6. The van der Waals surface area contributed by atoms with Crippen molar-refractivity contribution in [1.82, 2.24) is 4.57 Å². The Balaban J connectivity index is 1.24. The van der Waals surface area contributed by atoms with Gasteiger partial charge >= 0.3 is 0 Å². The number of fused-ring (bicyclic) bond motifs is 12. The van der Waals surface area contributed by atoms with Crippen molar-refractivity contribution >= 4 is 87.0 Å². The molecule has 2 nitrogen and oxygen atoms in total. The van der Waals surface area contributed by atoms with Crippen LogP contribution in [0.5, 0.6) is 0 Å². The van der Waals surface area contributed by atoms with Gasteiger partial charge in [0, 0.05) is 43.9 Å². The summed E-state index contributed by atoms with van der Waals surface area (Å²) in [6, 6.07) is 86.8. The van der Waals surface area contributed by atoms with Gasteiger partial charge in [0.1, 0.15) is 0 Å². The lowest BCUT2D eigenvalue weighted by molar-refractivity contribution is 1.19. The quantitative estimate of drug-likeness (QED) is 0.166. The fourth-order valence-electron chi connectivity index (χ4n) is 10.4. The van der Waals surface area contributed by atoms with Crippen molar-refractivity contribution in [3.05, 3.63) is 237 Å². The molecule has 0 amide bonds. The Bertz CT molecular complexity index is 3970. The third-order valence-corrected chi connectivity index (χ3v) is 13.3. The molecule has 12 aromatic carbocycles. The number of anilines is 2. The monoisotopic (exact) mass is 812 g/mol. The van der Waals surface area contributed by atoms with Gasteiger partial charge < -0.3 is 9.88 Å². The largest absolute Gasteiger partial charge is 0.354 e. The summed E-state index contributed by atoms with van der Waals surface area (Å²) in [4.78, 5) is 0. The summed E-state index contributed by atoms with van der Waals surface area (Å²) < 4.78 is 2.52. The lowest BCUT2D eigenvalue weighted by Crippen LogP contribution is -1.99. The van der Waals surface area contributed by atoms with E-state index >= 15 is 0 Å². The molecule has 13 rings (SSSR count). The molecule has 0 spiro atoms. The molecule has 1 aromatic heterocycles. The number of nitrogens with zero attached hydrogens (tertiary/aromatic N) is 1. The first-order chi connectivity index (χ1) is 31.7. The van der Waals surface area contributed by atoms with E-state index in [1.54, 1.807) is 0 Å². The summed E-state index contributed by atoms with van der Waals surface area (Å²) in [5, 5.41) is 18.8. The van der Waals surface area contributed by atoms with E-state index in [1.807, 2.05) is 0 Å². The van der Waals surface area contributed by atoms with Crippen molar-refractivity contribution in [1.29, 1.82) is 0 Å². The summed E-state index contributed by atoms with van der Waals surface area (Å²) in [5.41, 5.74) is 12.8. The standard InChI is InChI=1S/C62H40N2/c1-3-16-40(17-4-1)44-24-15-25-48(36-44)57-51-26-11-12-27-52(51)58-59(61(57)63-49-33-30-42-20-7-9-22-45(42)37-49)53-28-13-14-29-54(53)62-60(58)55-39-47(41-18-5-2-6-19-41)32-35-56(55)64(62)50-34-31-43-21-8-10-23-46(43)38-50/h1-39,63H. The van der Waals surface area contributed by atoms with Crippen LogP contribution in [0.15, 0.2) is 237 Å². The summed E-state index contributed by atoms with van der Waals surface area (Å²) >= 11 is 0. The minimum absolute atomic E-state index is 1.05. The maximum absolute atomic E-state index is 4.15. The van der Waals surface area contributed by atoms with Gasteiger partial charge in [-0.25, -0.2) is 0 Å². The van der Waals surface area contributed by atoms with E-state index in [1.165, 1.54) is 103 Å². The highest BCUT2D eigenvalue weighted by Gasteiger charge is 2.26. The Morgan fingerprint density at radius 1 is 0.297 bits per heavy atom. The van der Waals surface area contributed by atoms with Crippen molar-refractivity contribution in [3.63, 3.8) is 0 Å². The van der Waals surface area contributed by atoms with Crippen LogP contribution in [0, 0.1) is 0 Å². The summed E-state index contributed by atoms with van der Waals surface area (Å²) in [6.45, 7) is 0. The van der Waals surface area contributed by atoms with Crippen LogP contribution in [0.2, 0.25) is 0 Å². The molecule has 298 valence electrons. The zero-order chi connectivity index (χ0) is 42.1. The summed E-state index contributed by atoms with van der Waals surface area (Å²) in [7, 11) is 0. The molecule has 1 heterocycles. The molecule has 0 bridgehead atoms. The van der Waals surface area contributed by atoms with Crippen LogP contribution < -0.4 is 5.32 Å². The lowest BCUT2D eigenvalue weighted by Gasteiger charge is -2.23. The van der Waals surface area contributed by atoms with Gasteiger partial charge in [0.05, 0.1) is 16.7 Å². The summed E-state index contributed by atoms with van der Waals surface area (Å²) in [5.74, 6) is 0. The van der Waals surface area contributed by atoms with Crippen LogP contribution in [0.25, 0.3) is 115 Å². The first kappa shape index (κ1) is 36.2. The number of nitrogens with one attached hydrogen (secondary N) is 1. The van der Waals surface area contributed by atoms with Crippen LogP contribution >= 0.6 is 0 Å². The number of benzene rings is 12. The molecule has 0 saturated heterocycles. The highest BCUT2D eigenvalue weighted by molar-refractivity contribution is 6.41. The Kier molecular flexibility index (Phi) is 8.25. The molecule has 0 saturated carbocycles. The maximum Gasteiger partial charge on any atom is 0.0626 e. The molecule has 0 unspecified atom stereocenters. The Labute approximate surface area is 370 Å². The van der Waals surface area contributed by atoms with Crippen molar-refractivity contribution < 1.29 is 0 Å². The van der Waals surface area contributed by atoms with E-state index in [0.29, 0.717) is 0 Å². The van der Waals surface area contributed by atoms with E-state index in [-0.39, 0.29) is 0 Å². The average molecular weight is 813 g/mol. The molecular weight excluding hydrogens is 773 g/mol. The normalized spacial score (nSPS) is 11.8. The van der Waals surface area contributed by atoms with Crippen molar-refractivity contribution in [2.24, 2.45) is 0 Å². The van der Waals surface area contributed by atoms with Crippen molar-refractivity contribution in [2.75, 3.05) is 5.32 Å². The van der Waals surface area contributed by atoms with Gasteiger partial charge in [-0.15, -0.1) is 0 Å². The Hall–Kier alpha value is -8.46. The predicted molar refractivity (Wildman–Crippen MR) is 274 cm³/mol. The zero-order valence-corrected chi connectivity index (χ0v) is 35.0. The lowest BCUT2D eigenvalue weighted by atomic mass is 9.85. The molecule has 64 heavy (non-hydrogen) atoms. The van der Waals surface area contributed by atoms with Crippen LogP contribution in [0.3, 0.4) is 0 Å². The van der Waals surface area contributed by atoms with Crippen LogP contribution in [0.4, 0.5) is 11.4 Å². The van der Waals surface area contributed by atoms with Crippen molar-refractivity contribution in [3.8, 4) is 39.1 Å². The maximum atomic E-state index is 4.15. The van der Waals surface area contributed by atoms with Gasteiger partial charge in [0.15, 0.2) is 0 Å². The molecular formula is C62H40N2. The van der Waals surface area contributed by atoms with Crippen LogP contribution in [-0.4, -0.2) is 4.57 Å². The van der Waals surface area contributed by atoms with Gasteiger partial charge in [0.2, 0.25) is 0 Å². The van der Waals surface area contributed by atoms with Crippen molar-refractivity contribution in [2.45, 2.75) is 0 Å². The smallest absolute Gasteiger partial charge is 0.0626 e. The third kappa shape index (κ3) is 5.73. The molecule has 1 N–H and O–H groups in total. The first-order valence-corrected chi connectivity index (χ1v) is 22.1. The topological polar surface area (TPSA) is 17.0 Å². The second-order valence-corrected chi connectivity index (χ2v) is 16.9. The molecule has 0 aliphatic heterocycles. The fraction of sp³-hybridized carbons (Fsp3) is 0. The Morgan fingerprint density at radius 2 is 0.844 bits per heavy atom. The fourth-order valence-corrected chi connectivity index (χ4v) is 10.4. The molecule has 0 atom stereocenters. The van der Waals surface area contributed by atoms with E-state index in [9.17, 15) is 0 Å². The SMILES string of the molecule is c1ccc(-c2cccc(-c3c(Nc4ccc5ccccc5c4)c4c5ccccc5c5c(c6cc(-c7ccccc7)ccc6n5-c5ccc6ccccc6c5)c4c4ccccc34)c2)cc1. The van der Waals surface area contributed by atoms with Gasteiger partial charge in [-0.3, -0.25) is 0 Å². The molecule has 0 aliphatic rings. The number of aromatic nitrogens is 1. The van der Waals surface area contributed by atoms with E-state index in [4.69, 9.17) is 0 Å². The highest BCUT2D eigenvalue weighted by atomic mass is 15.0.